The van der Waals surface area contributed by atoms with Crippen LogP contribution in [0, 0.1) is 0 Å². The summed E-state index contributed by atoms with van der Waals surface area (Å²) in [6.07, 6.45) is 0.595. The summed E-state index contributed by atoms with van der Waals surface area (Å²) in [5, 5.41) is 21.0. The molecule has 0 fully saturated rings. The topological polar surface area (TPSA) is 53.4 Å². The zero-order valence-corrected chi connectivity index (χ0v) is 15.6. The lowest BCUT2D eigenvalue weighted by Crippen LogP contribution is -1.95. The Bertz CT molecular complexity index is 1230. The fourth-order valence-corrected chi connectivity index (χ4v) is 4.10. The third kappa shape index (κ3) is 2.63. The molecule has 4 heteroatoms. The van der Waals surface area contributed by atoms with Gasteiger partial charge in [-0.05, 0) is 47.0 Å². The normalized spacial score (nSPS) is 11.9. The number of aromatic nitrogens is 1. The van der Waals surface area contributed by atoms with E-state index in [1.807, 2.05) is 54.6 Å². The van der Waals surface area contributed by atoms with Crippen LogP contribution >= 0.6 is 11.6 Å². The van der Waals surface area contributed by atoms with Crippen molar-refractivity contribution in [2.45, 2.75) is 6.42 Å². The summed E-state index contributed by atoms with van der Waals surface area (Å²) < 4.78 is 0. The molecule has 5 rings (SSSR count). The van der Waals surface area contributed by atoms with E-state index < -0.39 is 0 Å². The van der Waals surface area contributed by atoms with Gasteiger partial charge in [-0.3, -0.25) is 0 Å². The molecule has 1 heterocycles. The standard InChI is InChI=1S/C24H16ClNO2/c25-21-9-2-1-7-17(21)22-13-18(14-5-3-6-15(27)11-14)20-12-19-16(24(20)26-22)8-4-10-23(19)28/h1-11,13,27-28H,12H2. The maximum Gasteiger partial charge on any atom is 0.119 e. The molecule has 0 bridgehead atoms. The number of hydrogen-bond acceptors (Lipinski definition) is 3. The lowest BCUT2D eigenvalue weighted by Gasteiger charge is -2.13. The molecule has 1 aromatic heterocycles. The first-order valence-electron chi connectivity index (χ1n) is 9.01. The highest BCUT2D eigenvalue weighted by atomic mass is 35.5. The number of rotatable bonds is 2. The summed E-state index contributed by atoms with van der Waals surface area (Å²) in [7, 11) is 0. The fourth-order valence-electron chi connectivity index (χ4n) is 3.87. The lowest BCUT2D eigenvalue weighted by molar-refractivity contribution is 0.470. The van der Waals surface area contributed by atoms with Crippen molar-refractivity contribution >= 4 is 11.6 Å². The van der Waals surface area contributed by atoms with Gasteiger partial charge in [0.1, 0.15) is 11.5 Å². The molecule has 0 saturated heterocycles. The van der Waals surface area contributed by atoms with Crippen LogP contribution in [0.3, 0.4) is 0 Å². The Morgan fingerprint density at radius 3 is 2.36 bits per heavy atom. The SMILES string of the molecule is Oc1cccc(-c2cc(-c3ccccc3Cl)nc3c2Cc2c(O)cccc2-3)c1. The van der Waals surface area contributed by atoms with E-state index >= 15 is 0 Å². The van der Waals surface area contributed by atoms with Crippen LogP contribution in [0.25, 0.3) is 33.6 Å². The highest BCUT2D eigenvalue weighted by Crippen LogP contribution is 2.45. The highest BCUT2D eigenvalue weighted by molar-refractivity contribution is 6.33. The third-order valence-electron chi connectivity index (χ3n) is 5.19. The van der Waals surface area contributed by atoms with Crippen molar-refractivity contribution in [2.75, 3.05) is 0 Å². The number of fused-ring (bicyclic) bond motifs is 3. The summed E-state index contributed by atoms with van der Waals surface area (Å²) in [6, 6.07) is 22.3. The zero-order chi connectivity index (χ0) is 19.3. The Kier molecular flexibility index (Phi) is 3.85. The number of benzene rings is 3. The Balaban J connectivity index is 1.82. The van der Waals surface area contributed by atoms with Crippen LogP contribution in [0.1, 0.15) is 11.1 Å². The summed E-state index contributed by atoms with van der Waals surface area (Å²) in [5.41, 5.74) is 7.19. The first-order valence-corrected chi connectivity index (χ1v) is 9.39. The Hall–Kier alpha value is -3.30. The summed E-state index contributed by atoms with van der Waals surface area (Å²) in [4.78, 5) is 4.92. The molecule has 1 aliphatic carbocycles. The molecule has 3 aromatic carbocycles. The molecule has 0 atom stereocenters. The summed E-state index contributed by atoms with van der Waals surface area (Å²) in [5.74, 6) is 0.484. The van der Waals surface area contributed by atoms with Crippen LogP contribution in [0.5, 0.6) is 11.5 Å². The van der Waals surface area contributed by atoms with E-state index in [-0.39, 0.29) is 11.5 Å². The van der Waals surface area contributed by atoms with E-state index in [4.69, 9.17) is 16.6 Å². The molecule has 136 valence electrons. The van der Waals surface area contributed by atoms with Crippen molar-refractivity contribution < 1.29 is 10.2 Å². The molecular formula is C24H16ClNO2. The van der Waals surface area contributed by atoms with E-state index in [0.29, 0.717) is 11.4 Å². The van der Waals surface area contributed by atoms with E-state index in [0.717, 1.165) is 44.8 Å². The number of phenols is 2. The second-order valence-electron chi connectivity index (χ2n) is 6.89. The van der Waals surface area contributed by atoms with Crippen molar-refractivity contribution in [3.05, 3.63) is 88.9 Å². The quantitative estimate of drug-likeness (QED) is 0.389. The lowest BCUT2D eigenvalue weighted by atomic mass is 9.96. The van der Waals surface area contributed by atoms with Crippen LogP contribution in [0.4, 0.5) is 0 Å². The van der Waals surface area contributed by atoms with Crippen LogP contribution in [-0.4, -0.2) is 15.2 Å². The molecule has 2 N–H and O–H groups in total. The average Bonchev–Trinajstić information content (AvgIpc) is 3.08. The van der Waals surface area contributed by atoms with Gasteiger partial charge in [0.15, 0.2) is 0 Å². The molecule has 0 saturated carbocycles. The number of hydrogen-bond donors (Lipinski definition) is 2. The minimum Gasteiger partial charge on any atom is -0.508 e. The second kappa shape index (κ2) is 6.39. The maximum atomic E-state index is 10.4. The molecule has 3 nitrogen and oxygen atoms in total. The number of pyridine rings is 1. The Morgan fingerprint density at radius 1 is 0.750 bits per heavy atom. The van der Waals surface area contributed by atoms with Crippen LogP contribution in [0.15, 0.2) is 72.8 Å². The largest absolute Gasteiger partial charge is 0.508 e. The average molecular weight is 386 g/mol. The van der Waals surface area contributed by atoms with Gasteiger partial charge in [0.2, 0.25) is 0 Å². The molecule has 0 aliphatic heterocycles. The van der Waals surface area contributed by atoms with Gasteiger partial charge in [-0.15, -0.1) is 0 Å². The molecule has 0 radical (unpaired) electrons. The van der Waals surface area contributed by atoms with Crippen molar-refractivity contribution in [2.24, 2.45) is 0 Å². The van der Waals surface area contributed by atoms with Crippen molar-refractivity contribution in [1.82, 2.24) is 4.98 Å². The summed E-state index contributed by atoms with van der Waals surface area (Å²) in [6.45, 7) is 0. The van der Waals surface area contributed by atoms with Crippen molar-refractivity contribution in [3.8, 4) is 45.1 Å². The molecule has 0 amide bonds. The van der Waals surface area contributed by atoms with E-state index in [2.05, 4.69) is 0 Å². The van der Waals surface area contributed by atoms with Gasteiger partial charge in [0.05, 0.1) is 11.4 Å². The van der Waals surface area contributed by atoms with Crippen molar-refractivity contribution in [1.29, 1.82) is 0 Å². The maximum absolute atomic E-state index is 10.4. The summed E-state index contributed by atoms with van der Waals surface area (Å²) >= 11 is 6.44. The van der Waals surface area contributed by atoms with Gasteiger partial charge >= 0.3 is 0 Å². The van der Waals surface area contributed by atoms with Crippen LogP contribution in [0.2, 0.25) is 5.02 Å². The molecule has 1 aliphatic rings. The van der Waals surface area contributed by atoms with E-state index in [9.17, 15) is 10.2 Å². The first kappa shape index (κ1) is 16.8. The minimum absolute atomic E-state index is 0.209. The number of halogens is 1. The zero-order valence-electron chi connectivity index (χ0n) is 14.9. The Labute approximate surface area is 167 Å². The van der Waals surface area contributed by atoms with Crippen LogP contribution < -0.4 is 0 Å². The van der Waals surface area contributed by atoms with Gasteiger partial charge in [-0.1, -0.05) is 54.1 Å². The van der Waals surface area contributed by atoms with Crippen LogP contribution in [-0.2, 0) is 6.42 Å². The monoisotopic (exact) mass is 385 g/mol. The Morgan fingerprint density at radius 2 is 1.54 bits per heavy atom. The van der Waals surface area contributed by atoms with E-state index in [1.54, 1.807) is 18.2 Å². The van der Waals surface area contributed by atoms with Gasteiger partial charge in [-0.25, -0.2) is 4.98 Å². The fraction of sp³-hybridized carbons (Fsp3) is 0.0417. The first-order chi connectivity index (χ1) is 13.6. The second-order valence-corrected chi connectivity index (χ2v) is 7.30. The predicted molar refractivity (Wildman–Crippen MR) is 112 cm³/mol. The molecule has 0 spiro atoms. The third-order valence-corrected chi connectivity index (χ3v) is 5.52. The van der Waals surface area contributed by atoms with Gasteiger partial charge in [-0.2, -0.15) is 0 Å². The number of aromatic hydroxyl groups is 2. The minimum atomic E-state index is 0.209. The van der Waals surface area contributed by atoms with Gasteiger partial charge in [0.25, 0.3) is 0 Å². The molecule has 0 unspecified atom stereocenters. The highest BCUT2D eigenvalue weighted by Gasteiger charge is 2.27. The molecular weight excluding hydrogens is 370 g/mol. The molecule has 4 aromatic rings. The van der Waals surface area contributed by atoms with E-state index in [1.165, 1.54) is 0 Å². The van der Waals surface area contributed by atoms with Gasteiger partial charge < -0.3 is 10.2 Å². The van der Waals surface area contributed by atoms with Crippen molar-refractivity contribution in [3.63, 3.8) is 0 Å². The predicted octanol–water partition coefficient (Wildman–Crippen LogP) is 6.05. The smallest absolute Gasteiger partial charge is 0.119 e. The number of nitrogens with zero attached hydrogens (tertiary/aromatic N) is 1. The molecule has 28 heavy (non-hydrogen) atoms. The van der Waals surface area contributed by atoms with Gasteiger partial charge in [0, 0.05) is 28.1 Å². The number of phenolic OH excluding ortho intramolecular Hbond substituents is 2.